The van der Waals surface area contributed by atoms with Gasteiger partial charge in [0.15, 0.2) is 0 Å². The molecular weight excluding hydrogens is 367 g/mol. The van der Waals surface area contributed by atoms with Crippen molar-refractivity contribution in [2.24, 2.45) is 0 Å². The minimum absolute atomic E-state index is 0.547. The fourth-order valence-corrected chi connectivity index (χ4v) is 2.61. The van der Waals surface area contributed by atoms with Crippen molar-refractivity contribution in [3.8, 4) is 11.8 Å². The summed E-state index contributed by atoms with van der Waals surface area (Å²) < 4.78 is 2.62. The molecule has 1 aromatic carbocycles. The molecule has 0 radical (unpaired) electrons. The van der Waals surface area contributed by atoms with Gasteiger partial charge in [0, 0.05) is 16.0 Å². The molecule has 17 heavy (non-hydrogen) atoms. The first kappa shape index (κ1) is 12.7. The number of hydrogen-bond acceptors (Lipinski definition) is 1. The highest BCUT2D eigenvalue weighted by atomic mass is 79.9. The van der Waals surface area contributed by atoms with E-state index < -0.39 is 0 Å². The van der Waals surface area contributed by atoms with Crippen molar-refractivity contribution in [3.05, 3.63) is 51.2 Å². The Kier molecular flexibility index (Phi) is 3.93. The van der Waals surface area contributed by atoms with E-state index in [1.807, 2.05) is 24.4 Å². The smallest absolute Gasteiger partial charge is 0.125 e. The number of halogens is 3. The van der Waals surface area contributed by atoms with Gasteiger partial charge in [-0.15, -0.1) is 0 Å². The van der Waals surface area contributed by atoms with Gasteiger partial charge >= 0.3 is 0 Å². The Balaban J connectivity index is 2.57. The van der Waals surface area contributed by atoms with Crippen LogP contribution in [0.1, 0.15) is 11.3 Å². The first-order valence-corrected chi connectivity index (χ1v) is 7.07. The van der Waals surface area contributed by atoms with E-state index in [-0.39, 0.29) is 0 Å². The lowest BCUT2D eigenvalue weighted by atomic mass is 10.2. The van der Waals surface area contributed by atoms with E-state index in [2.05, 4.69) is 37.9 Å². The van der Waals surface area contributed by atoms with E-state index in [4.69, 9.17) is 16.9 Å². The average Bonchev–Trinajstić information content (AvgIpc) is 2.70. The molecule has 2 nitrogen and oxygen atoms in total. The van der Waals surface area contributed by atoms with Crippen LogP contribution >= 0.6 is 43.5 Å². The Morgan fingerprint density at radius 1 is 1.35 bits per heavy atom. The van der Waals surface area contributed by atoms with Gasteiger partial charge in [0.1, 0.15) is 11.8 Å². The van der Waals surface area contributed by atoms with Crippen LogP contribution in [-0.2, 0) is 5.33 Å². The molecule has 0 aliphatic heterocycles. The third-order valence-corrected chi connectivity index (χ3v) is 3.71. The Morgan fingerprint density at radius 2 is 2.12 bits per heavy atom. The molecule has 1 heterocycles. The molecule has 0 unspecified atom stereocenters. The van der Waals surface area contributed by atoms with Gasteiger partial charge in [-0.1, -0.05) is 33.6 Å². The summed E-state index contributed by atoms with van der Waals surface area (Å²) in [5.74, 6) is 0. The van der Waals surface area contributed by atoms with Crippen LogP contribution in [0.25, 0.3) is 5.69 Å². The van der Waals surface area contributed by atoms with Gasteiger partial charge in [-0.3, -0.25) is 0 Å². The van der Waals surface area contributed by atoms with Gasteiger partial charge in [-0.05, 0) is 39.7 Å². The van der Waals surface area contributed by atoms with E-state index in [1.165, 1.54) is 0 Å². The van der Waals surface area contributed by atoms with E-state index in [0.717, 1.165) is 21.1 Å². The van der Waals surface area contributed by atoms with Crippen molar-refractivity contribution in [2.45, 2.75) is 5.33 Å². The zero-order valence-electron chi connectivity index (χ0n) is 8.62. The molecule has 0 atom stereocenters. The second kappa shape index (κ2) is 5.26. The molecule has 0 saturated carbocycles. The summed E-state index contributed by atoms with van der Waals surface area (Å²) in [5.41, 5.74) is 2.45. The first-order chi connectivity index (χ1) is 8.15. The molecule has 0 aliphatic rings. The first-order valence-electron chi connectivity index (χ1n) is 4.78. The highest BCUT2D eigenvalue weighted by molar-refractivity contribution is 9.10. The lowest BCUT2D eigenvalue weighted by molar-refractivity contribution is 1.05. The third kappa shape index (κ3) is 2.57. The van der Waals surface area contributed by atoms with Gasteiger partial charge in [-0.2, -0.15) is 5.26 Å². The van der Waals surface area contributed by atoms with Crippen LogP contribution in [0.15, 0.2) is 34.9 Å². The van der Waals surface area contributed by atoms with Gasteiger partial charge in [0.2, 0.25) is 0 Å². The minimum atomic E-state index is 0.547. The van der Waals surface area contributed by atoms with E-state index >= 15 is 0 Å². The summed E-state index contributed by atoms with van der Waals surface area (Å²) in [6, 6.07) is 9.67. The Labute approximate surface area is 121 Å². The maximum Gasteiger partial charge on any atom is 0.125 e. The maximum absolute atomic E-state index is 9.04. The van der Waals surface area contributed by atoms with Crippen LogP contribution in [0.5, 0.6) is 0 Å². The summed E-state index contributed by atoms with van der Waals surface area (Å²) in [5, 5.41) is 10.4. The maximum atomic E-state index is 9.04. The van der Waals surface area contributed by atoms with Gasteiger partial charge < -0.3 is 4.57 Å². The Bertz CT molecular complexity index is 599. The topological polar surface area (TPSA) is 28.7 Å². The van der Waals surface area contributed by atoms with Gasteiger partial charge in [0.05, 0.1) is 10.7 Å². The summed E-state index contributed by atoms with van der Waals surface area (Å²) in [6.07, 6.45) is 1.83. The zero-order chi connectivity index (χ0) is 12.4. The number of nitriles is 1. The molecule has 0 spiro atoms. The van der Waals surface area contributed by atoms with Crippen molar-refractivity contribution >= 4 is 43.5 Å². The second-order valence-corrected chi connectivity index (χ2v) is 5.33. The zero-order valence-corrected chi connectivity index (χ0v) is 12.6. The molecule has 5 heteroatoms. The van der Waals surface area contributed by atoms with E-state index in [0.29, 0.717) is 10.7 Å². The molecule has 2 rings (SSSR count). The van der Waals surface area contributed by atoms with Crippen LogP contribution in [0, 0.1) is 11.3 Å². The molecule has 0 N–H and O–H groups in total. The highest BCUT2D eigenvalue weighted by Crippen LogP contribution is 2.26. The molecule has 0 aliphatic carbocycles. The lowest BCUT2D eigenvalue weighted by Gasteiger charge is -2.08. The molecule has 0 bridgehead atoms. The summed E-state index contributed by atoms with van der Waals surface area (Å²) in [6.45, 7) is 0. The number of rotatable bonds is 2. The number of hydrogen-bond donors (Lipinski definition) is 0. The molecule has 86 valence electrons. The van der Waals surface area contributed by atoms with Crippen LogP contribution in [0.2, 0.25) is 5.02 Å². The fourth-order valence-electron chi connectivity index (χ4n) is 1.54. The number of alkyl halides is 1. The van der Waals surface area contributed by atoms with Crippen LogP contribution in [-0.4, -0.2) is 4.57 Å². The standard InChI is InChI=1S/C12H7Br2ClN2/c13-5-8-1-2-12(11(15)3-8)17-7-9(14)4-10(17)6-16/h1-4,7H,5H2. The predicted octanol–water partition coefficient (Wildman–Crippen LogP) is 4.66. The number of aromatic nitrogens is 1. The molecule has 1 aromatic heterocycles. The van der Waals surface area contributed by atoms with E-state index in [1.54, 1.807) is 10.6 Å². The number of benzene rings is 1. The molecule has 2 aromatic rings. The Hall–Kier alpha value is -0.760. The van der Waals surface area contributed by atoms with Crippen LogP contribution in [0.4, 0.5) is 0 Å². The fraction of sp³-hybridized carbons (Fsp3) is 0.0833. The second-order valence-electron chi connectivity index (χ2n) is 3.44. The SMILES string of the molecule is N#Cc1cc(Br)cn1-c1ccc(CBr)cc1Cl. The molecule has 0 saturated heterocycles. The number of nitrogens with zero attached hydrogens (tertiary/aromatic N) is 2. The van der Waals surface area contributed by atoms with Crippen molar-refractivity contribution in [1.29, 1.82) is 5.26 Å². The highest BCUT2D eigenvalue weighted by Gasteiger charge is 2.09. The molecule has 0 fully saturated rings. The van der Waals surface area contributed by atoms with Crippen molar-refractivity contribution in [3.63, 3.8) is 0 Å². The summed E-state index contributed by atoms with van der Waals surface area (Å²) in [7, 11) is 0. The van der Waals surface area contributed by atoms with Crippen molar-refractivity contribution < 1.29 is 0 Å². The largest absolute Gasteiger partial charge is 0.306 e. The molecular formula is C12H7Br2ClN2. The Morgan fingerprint density at radius 3 is 2.71 bits per heavy atom. The quantitative estimate of drug-likeness (QED) is 0.703. The average molecular weight is 374 g/mol. The third-order valence-electron chi connectivity index (χ3n) is 2.33. The normalized spacial score (nSPS) is 10.2. The van der Waals surface area contributed by atoms with Crippen molar-refractivity contribution in [1.82, 2.24) is 4.57 Å². The molecule has 0 amide bonds. The van der Waals surface area contributed by atoms with Crippen molar-refractivity contribution in [2.75, 3.05) is 0 Å². The summed E-state index contributed by atoms with van der Waals surface area (Å²) in [4.78, 5) is 0. The van der Waals surface area contributed by atoms with E-state index in [9.17, 15) is 0 Å². The van der Waals surface area contributed by atoms with Gasteiger partial charge in [-0.25, -0.2) is 0 Å². The predicted molar refractivity (Wildman–Crippen MR) is 75.8 cm³/mol. The summed E-state index contributed by atoms with van der Waals surface area (Å²) >= 11 is 12.9. The minimum Gasteiger partial charge on any atom is -0.306 e. The monoisotopic (exact) mass is 372 g/mol. The van der Waals surface area contributed by atoms with Crippen LogP contribution in [0.3, 0.4) is 0 Å². The van der Waals surface area contributed by atoms with Gasteiger partial charge in [0.25, 0.3) is 0 Å². The van der Waals surface area contributed by atoms with Crippen LogP contribution < -0.4 is 0 Å². The lowest BCUT2D eigenvalue weighted by Crippen LogP contribution is -1.96.